The van der Waals surface area contributed by atoms with Crippen molar-refractivity contribution in [3.05, 3.63) is 0 Å². The molecule has 0 saturated heterocycles. The highest BCUT2D eigenvalue weighted by Crippen LogP contribution is 2.32. The Hall–Kier alpha value is -1.30. The Kier molecular flexibility index (Phi) is 3.70. The van der Waals surface area contributed by atoms with Crippen LogP contribution in [0.3, 0.4) is 0 Å². The molecular formula is C11H14O3. The van der Waals surface area contributed by atoms with E-state index in [1.54, 1.807) is 0 Å². The molecule has 3 nitrogen and oxygen atoms in total. The summed E-state index contributed by atoms with van der Waals surface area (Å²) in [4.78, 5) is 22.7. The smallest absolute Gasteiger partial charge is 0.316 e. The number of ketones is 1. The second-order valence-corrected chi connectivity index (χ2v) is 3.51. The van der Waals surface area contributed by atoms with Gasteiger partial charge in [-0.1, -0.05) is 0 Å². The van der Waals surface area contributed by atoms with E-state index in [1.807, 2.05) is 0 Å². The zero-order valence-corrected chi connectivity index (χ0v) is 8.29. The van der Waals surface area contributed by atoms with Gasteiger partial charge in [0.15, 0.2) is 0 Å². The van der Waals surface area contributed by atoms with Crippen molar-refractivity contribution in [3.63, 3.8) is 0 Å². The van der Waals surface area contributed by atoms with E-state index in [9.17, 15) is 9.59 Å². The summed E-state index contributed by atoms with van der Waals surface area (Å²) in [5.74, 6) is 1.64. The van der Waals surface area contributed by atoms with Crippen LogP contribution in [0.2, 0.25) is 0 Å². The third-order valence-electron chi connectivity index (χ3n) is 2.69. The highest BCUT2D eigenvalue weighted by molar-refractivity contribution is 6.00. The molecule has 0 spiro atoms. The van der Waals surface area contributed by atoms with Gasteiger partial charge in [0, 0.05) is 12.8 Å². The van der Waals surface area contributed by atoms with Gasteiger partial charge in [0.05, 0.1) is 7.11 Å². The molecule has 1 saturated carbocycles. The fraction of sp³-hybridized carbons (Fsp3) is 0.636. The van der Waals surface area contributed by atoms with Crippen LogP contribution < -0.4 is 0 Å². The molecule has 1 rings (SSSR count). The van der Waals surface area contributed by atoms with Crippen LogP contribution in [0.5, 0.6) is 0 Å². The van der Waals surface area contributed by atoms with Crippen molar-refractivity contribution in [2.24, 2.45) is 11.8 Å². The van der Waals surface area contributed by atoms with Crippen LogP contribution in [0.1, 0.15) is 25.7 Å². The summed E-state index contributed by atoms with van der Waals surface area (Å²) in [5, 5.41) is 0. The minimum absolute atomic E-state index is 0.00104. The van der Waals surface area contributed by atoms with Gasteiger partial charge >= 0.3 is 5.97 Å². The molecule has 3 heteroatoms. The third-order valence-corrected chi connectivity index (χ3v) is 2.69. The summed E-state index contributed by atoms with van der Waals surface area (Å²) in [6.45, 7) is 0. The normalized spacial score (nSPS) is 25.9. The van der Waals surface area contributed by atoms with Crippen molar-refractivity contribution in [3.8, 4) is 12.3 Å². The van der Waals surface area contributed by atoms with E-state index >= 15 is 0 Å². The molecule has 2 atom stereocenters. The number of hydrogen-bond donors (Lipinski definition) is 0. The highest BCUT2D eigenvalue weighted by Gasteiger charge is 2.40. The number of rotatable bonds is 3. The third kappa shape index (κ3) is 2.14. The average Bonchev–Trinajstić information content (AvgIpc) is 2.55. The molecule has 0 amide bonds. The number of ether oxygens (including phenoxy) is 1. The van der Waals surface area contributed by atoms with Gasteiger partial charge in [-0.15, -0.1) is 12.3 Å². The first-order valence-electron chi connectivity index (χ1n) is 4.74. The number of terminal acetylenes is 1. The molecule has 0 bridgehead atoms. The molecule has 14 heavy (non-hydrogen) atoms. The molecular weight excluding hydrogens is 180 g/mol. The molecule has 76 valence electrons. The number of Topliss-reactive ketones (excluding diaryl/α,β-unsaturated/α-hetero) is 1. The summed E-state index contributed by atoms with van der Waals surface area (Å²) >= 11 is 0. The molecule has 0 N–H and O–H groups in total. The molecule has 0 aromatic rings. The van der Waals surface area contributed by atoms with Gasteiger partial charge in [-0.3, -0.25) is 9.59 Å². The molecule has 1 fully saturated rings. The summed E-state index contributed by atoms with van der Waals surface area (Å²) < 4.78 is 4.60. The maximum atomic E-state index is 11.4. The van der Waals surface area contributed by atoms with Gasteiger partial charge in [0.2, 0.25) is 0 Å². The van der Waals surface area contributed by atoms with Crippen LogP contribution in [0.15, 0.2) is 0 Å². The van der Waals surface area contributed by atoms with Crippen LogP contribution in [0.4, 0.5) is 0 Å². The van der Waals surface area contributed by atoms with E-state index in [-0.39, 0.29) is 11.7 Å². The summed E-state index contributed by atoms with van der Waals surface area (Å²) in [6, 6.07) is 0. The number of methoxy groups -OCH3 is 1. The topological polar surface area (TPSA) is 43.4 Å². The van der Waals surface area contributed by atoms with Gasteiger partial charge in [0.25, 0.3) is 0 Å². The lowest BCUT2D eigenvalue weighted by molar-refractivity contribution is -0.149. The van der Waals surface area contributed by atoms with Gasteiger partial charge in [-0.2, -0.15) is 0 Å². The predicted octanol–water partition coefficient (Wildman–Crippen LogP) is 1.17. The van der Waals surface area contributed by atoms with Crippen LogP contribution in [0, 0.1) is 24.2 Å². The average molecular weight is 194 g/mol. The number of carbonyl (C=O) groups excluding carboxylic acids is 2. The molecule has 0 aliphatic heterocycles. The van der Waals surface area contributed by atoms with Crippen molar-refractivity contribution >= 4 is 11.8 Å². The van der Waals surface area contributed by atoms with E-state index in [1.165, 1.54) is 7.11 Å². The Morgan fingerprint density at radius 3 is 3.00 bits per heavy atom. The maximum absolute atomic E-state index is 11.4. The van der Waals surface area contributed by atoms with Gasteiger partial charge < -0.3 is 4.74 Å². The minimum Gasteiger partial charge on any atom is -0.468 e. The van der Waals surface area contributed by atoms with E-state index in [0.29, 0.717) is 12.8 Å². The monoisotopic (exact) mass is 194 g/mol. The van der Waals surface area contributed by atoms with Crippen molar-refractivity contribution in [2.45, 2.75) is 25.7 Å². The van der Waals surface area contributed by atoms with Crippen LogP contribution in [-0.4, -0.2) is 18.9 Å². The van der Waals surface area contributed by atoms with Gasteiger partial charge in [0.1, 0.15) is 11.7 Å². The standard InChI is InChI=1S/C11H14O3/c1-3-4-5-8-6-7-9(12)10(8)11(13)14-2/h1,8,10H,4-7H2,2H3. The zero-order valence-electron chi connectivity index (χ0n) is 8.29. The molecule has 0 heterocycles. The van der Waals surface area contributed by atoms with Crippen molar-refractivity contribution < 1.29 is 14.3 Å². The number of hydrogen-bond acceptors (Lipinski definition) is 3. The summed E-state index contributed by atoms with van der Waals surface area (Å²) in [5.41, 5.74) is 0. The first kappa shape index (κ1) is 10.8. The predicted molar refractivity (Wildman–Crippen MR) is 51.3 cm³/mol. The Morgan fingerprint density at radius 1 is 1.71 bits per heavy atom. The maximum Gasteiger partial charge on any atom is 0.316 e. The molecule has 1 aliphatic carbocycles. The lowest BCUT2D eigenvalue weighted by Crippen LogP contribution is -2.26. The van der Waals surface area contributed by atoms with Crippen LogP contribution in [-0.2, 0) is 14.3 Å². The van der Waals surface area contributed by atoms with Crippen molar-refractivity contribution in [1.82, 2.24) is 0 Å². The van der Waals surface area contributed by atoms with Crippen molar-refractivity contribution in [2.75, 3.05) is 7.11 Å². The first-order valence-corrected chi connectivity index (χ1v) is 4.74. The van der Waals surface area contributed by atoms with Gasteiger partial charge in [-0.05, 0) is 18.8 Å². The second-order valence-electron chi connectivity index (χ2n) is 3.51. The van der Waals surface area contributed by atoms with E-state index in [2.05, 4.69) is 10.7 Å². The Bertz CT molecular complexity index is 275. The quantitative estimate of drug-likeness (QED) is 0.385. The lowest BCUT2D eigenvalue weighted by atomic mass is 9.91. The lowest BCUT2D eigenvalue weighted by Gasteiger charge is -2.14. The Morgan fingerprint density at radius 2 is 2.43 bits per heavy atom. The summed E-state index contributed by atoms with van der Waals surface area (Å²) in [7, 11) is 1.31. The molecule has 0 aromatic carbocycles. The van der Waals surface area contributed by atoms with Crippen molar-refractivity contribution in [1.29, 1.82) is 0 Å². The van der Waals surface area contributed by atoms with E-state index in [4.69, 9.17) is 6.42 Å². The van der Waals surface area contributed by atoms with E-state index in [0.717, 1.165) is 12.8 Å². The molecule has 0 aromatic heterocycles. The zero-order chi connectivity index (χ0) is 10.6. The Balaban J connectivity index is 2.63. The SMILES string of the molecule is C#CCCC1CCC(=O)C1C(=O)OC. The number of esters is 1. The van der Waals surface area contributed by atoms with Gasteiger partial charge in [-0.25, -0.2) is 0 Å². The molecule has 0 radical (unpaired) electrons. The second kappa shape index (κ2) is 4.80. The fourth-order valence-electron chi connectivity index (χ4n) is 1.94. The fourth-order valence-corrected chi connectivity index (χ4v) is 1.94. The minimum atomic E-state index is -0.562. The van der Waals surface area contributed by atoms with Crippen LogP contribution >= 0.6 is 0 Å². The number of carbonyl (C=O) groups is 2. The largest absolute Gasteiger partial charge is 0.468 e. The Labute approximate surface area is 83.8 Å². The van der Waals surface area contributed by atoms with E-state index < -0.39 is 11.9 Å². The highest BCUT2D eigenvalue weighted by atomic mass is 16.5. The molecule has 1 aliphatic rings. The summed E-state index contributed by atoms with van der Waals surface area (Å²) in [6.07, 6.45) is 7.74. The van der Waals surface area contributed by atoms with Crippen LogP contribution in [0.25, 0.3) is 0 Å². The first-order chi connectivity index (χ1) is 6.70. The molecule has 2 unspecified atom stereocenters.